The van der Waals surface area contributed by atoms with Gasteiger partial charge >= 0.3 is 11.9 Å². The highest BCUT2D eigenvalue weighted by Gasteiger charge is 2.15. The molecule has 1 atom stereocenters. The van der Waals surface area contributed by atoms with E-state index in [1.807, 2.05) is 0 Å². The van der Waals surface area contributed by atoms with E-state index in [2.05, 4.69) is 37.9 Å². The third-order valence-electron chi connectivity index (χ3n) is 12.2. The third kappa shape index (κ3) is 39.0. The summed E-state index contributed by atoms with van der Waals surface area (Å²) >= 11 is 0. The monoisotopic (exact) mass is 837 g/mol. The van der Waals surface area contributed by atoms with Gasteiger partial charge in [0.05, 0.1) is 19.1 Å². The standard InChI is InChI=1S/C51H100N2O6/c1-6-10-14-16-20-26-35-48(36-27-21-17-15-11-7-2)59-50(56)38-29-23-19-25-31-42-53(43-32-40-52-51(57)46(5)45-54)41-30-24-18-22-28-37-49(55)58-44-39-47(33-12-8-3)34-13-9-4/h46-48,54H,6-45H2,1-5H3,(H,52,57). The Labute approximate surface area is 366 Å². The highest BCUT2D eigenvalue weighted by Crippen LogP contribution is 2.21. The van der Waals surface area contributed by atoms with E-state index in [4.69, 9.17) is 9.47 Å². The predicted octanol–water partition coefficient (Wildman–Crippen LogP) is 13.4. The summed E-state index contributed by atoms with van der Waals surface area (Å²) in [5, 5.41) is 12.3. The van der Waals surface area contributed by atoms with Gasteiger partial charge in [0.2, 0.25) is 5.91 Å². The van der Waals surface area contributed by atoms with Crippen molar-refractivity contribution in [2.24, 2.45) is 11.8 Å². The molecule has 0 radical (unpaired) electrons. The number of nitrogens with one attached hydrogen (secondary N) is 1. The number of rotatable bonds is 46. The number of hydrogen-bond donors (Lipinski definition) is 2. The molecule has 1 unspecified atom stereocenters. The topological polar surface area (TPSA) is 105 Å². The quantitative estimate of drug-likeness (QED) is 0.0465. The second kappa shape index (κ2) is 44.4. The molecule has 8 heteroatoms. The Bertz CT molecular complexity index is 908. The highest BCUT2D eigenvalue weighted by atomic mass is 16.5. The van der Waals surface area contributed by atoms with E-state index in [0.29, 0.717) is 31.9 Å². The lowest BCUT2D eigenvalue weighted by Gasteiger charge is -2.22. The van der Waals surface area contributed by atoms with Crippen molar-refractivity contribution in [2.75, 3.05) is 39.4 Å². The Morgan fingerprint density at radius 1 is 0.508 bits per heavy atom. The normalized spacial score (nSPS) is 12.2. The van der Waals surface area contributed by atoms with E-state index in [-0.39, 0.29) is 36.5 Å². The van der Waals surface area contributed by atoms with Crippen molar-refractivity contribution >= 4 is 17.8 Å². The van der Waals surface area contributed by atoms with Crippen LogP contribution in [0.25, 0.3) is 0 Å². The summed E-state index contributed by atoms with van der Waals surface area (Å²) in [4.78, 5) is 39.8. The molecule has 0 saturated carbocycles. The molecule has 0 aliphatic heterocycles. The van der Waals surface area contributed by atoms with Crippen molar-refractivity contribution < 1.29 is 29.0 Å². The summed E-state index contributed by atoms with van der Waals surface area (Å²) in [5.41, 5.74) is 0. The molecule has 0 aromatic rings. The number of carbonyl (C=O) groups excluding carboxylic acids is 3. The summed E-state index contributed by atoms with van der Waals surface area (Å²) in [5.74, 6) is 0.205. The van der Waals surface area contributed by atoms with Crippen molar-refractivity contribution in [1.29, 1.82) is 0 Å². The number of esters is 2. The van der Waals surface area contributed by atoms with Gasteiger partial charge in [-0.15, -0.1) is 0 Å². The largest absolute Gasteiger partial charge is 0.466 e. The first kappa shape index (κ1) is 57.3. The second-order valence-corrected chi connectivity index (χ2v) is 18.0. The molecule has 0 aromatic carbocycles. The molecule has 0 aliphatic carbocycles. The number of aliphatic hydroxyl groups excluding tert-OH is 1. The highest BCUT2D eigenvalue weighted by molar-refractivity contribution is 5.78. The Hall–Kier alpha value is -1.67. The van der Waals surface area contributed by atoms with Gasteiger partial charge in [-0.25, -0.2) is 0 Å². The maximum atomic E-state index is 12.8. The maximum absolute atomic E-state index is 12.8. The van der Waals surface area contributed by atoms with Crippen molar-refractivity contribution in [3.8, 4) is 0 Å². The second-order valence-electron chi connectivity index (χ2n) is 18.0. The fraction of sp³-hybridized carbons (Fsp3) is 0.941. The van der Waals surface area contributed by atoms with Gasteiger partial charge in [0, 0.05) is 19.4 Å². The van der Waals surface area contributed by atoms with Crippen LogP contribution in [0.1, 0.15) is 253 Å². The van der Waals surface area contributed by atoms with E-state index in [1.165, 1.54) is 116 Å². The Balaban J connectivity index is 4.51. The van der Waals surface area contributed by atoms with Crippen LogP contribution >= 0.6 is 0 Å². The van der Waals surface area contributed by atoms with Crippen LogP contribution in [0.3, 0.4) is 0 Å². The summed E-state index contributed by atoms with van der Waals surface area (Å²) < 4.78 is 11.7. The number of unbranched alkanes of at least 4 members (excludes halogenated alkanes) is 20. The number of hydrogen-bond acceptors (Lipinski definition) is 7. The van der Waals surface area contributed by atoms with Gasteiger partial charge in [0.25, 0.3) is 0 Å². The minimum absolute atomic E-state index is 0.00238. The smallest absolute Gasteiger partial charge is 0.306 e. The molecule has 350 valence electrons. The van der Waals surface area contributed by atoms with E-state index in [9.17, 15) is 19.5 Å². The van der Waals surface area contributed by atoms with Crippen LogP contribution in [-0.2, 0) is 23.9 Å². The lowest BCUT2D eigenvalue weighted by atomic mass is 9.93. The number of aliphatic hydroxyl groups is 1. The molecule has 2 N–H and O–H groups in total. The van der Waals surface area contributed by atoms with Crippen molar-refractivity contribution in [3.63, 3.8) is 0 Å². The van der Waals surface area contributed by atoms with Crippen molar-refractivity contribution in [3.05, 3.63) is 0 Å². The van der Waals surface area contributed by atoms with Crippen LogP contribution in [0.4, 0.5) is 0 Å². The van der Waals surface area contributed by atoms with Gasteiger partial charge in [-0.1, -0.05) is 176 Å². The zero-order valence-corrected chi connectivity index (χ0v) is 40.0. The van der Waals surface area contributed by atoms with Gasteiger partial charge in [0.15, 0.2) is 0 Å². The lowest BCUT2D eigenvalue weighted by Crippen LogP contribution is -2.34. The fourth-order valence-corrected chi connectivity index (χ4v) is 8.02. The van der Waals surface area contributed by atoms with Crippen LogP contribution in [0.2, 0.25) is 0 Å². The average molecular weight is 837 g/mol. The van der Waals surface area contributed by atoms with Crippen LogP contribution in [0.15, 0.2) is 0 Å². The van der Waals surface area contributed by atoms with Crippen molar-refractivity contribution in [2.45, 2.75) is 259 Å². The third-order valence-corrected chi connectivity index (χ3v) is 12.2. The molecular formula is C51H100N2O6. The molecule has 0 spiro atoms. The summed E-state index contributed by atoms with van der Waals surface area (Å²) in [6.45, 7) is 14.9. The molecule has 1 amide bonds. The van der Waals surface area contributed by atoms with Crippen LogP contribution in [0.5, 0.6) is 0 Å². The summed E-state index contributed by atoms with van der Waals surface area (Å²) in [6, 6.07) is 0. The van der Waals surface area contributed by atoms with Gasteiger partial charge < -0.3 is 24.8 Å². The predicted molar refractivity (Wildman–Crippen MR) is 250 cm³/mol. The summed E-state index contributed by atoms with van der Waals surface area (Å²) in [7, 11) is 0. The molecular weight excluding hydrogens is 737 g/mol. The minimum Gasteiger partial charge on any atom is -0.466 e. The fourth-order valence-electron chi connectivity index (χ4n) is 8.02. The molecule has 0 saturated heterocycles. The average Bonchev–Trinajstić information content (AvgIpc) is 3.23. The molecule has 0 heterocycles. The molecule has 0 rings (SSSR count). The number of carbonyl (C=O) groups is 3. The molecule has 59 heavy (non-hydrogen) atoms. The molecule has 8 nitrogen and oxygen atoms in total. The molecule has 0 aliphatic rings. The Morgan fingerprint density at radius 3 is 1.46 bits per heavy atom. The Kier molecular flexibility index (Phi) is 43.1. The van der Waals surface area contributed by atoms with E-state index >= 15 is 0 Å². The molecule has 0 aromatic heterocycles. The SMILES string of the molecule is CCCCCCCCC(CCCCCCCC)OC(=O)CCCCCCCN(CCCCCCCC(=O)OCCC(CCCC)CCCC)CCCNC(=O)C(C)CO. The van der Waals surface area contributed by atoms with Gasteiger partial charge in [0.1, 0.15) is 6.10 Å². The molecule has 0 bridgehead atoms. The zero-order chi connectivity index (χ0) is 43.4. The van der Waals surface area contributed by atoms with Gasteiger partial charge in [-0.2, -0.15) is 0 Å². The first-order valence-electron chi connectivity index (χ1n) is 25.8. The van der Waals surface area contributed by atoms with E-state index in [1.54, 1.807) is 6.92 Å². The van der Waals surface area contributed by atoms with Crippen LogP contribution in [-0.4, -0.2) is 73.3 Å². The van der Waals surface area contributed by atoms with Gasteiger partial charge in [-0.3, -0.25) is 14.4 Å². The maximum Gasteiger partial charge on any atom is 0.306 e. The van der Waals surface area contributed by atoms with Crippen molar-refractivity contribution in [1.82, 2.24) is 10.2 Å². The number of ether oxygens (including phenoxy) is 2. The van der Waals surface area contributed by atoms with Crippen LogP contribution in [0, 0.1) is 11.8 Å². The number of nitrogens with zero attached hydrogens (tertiary/aromatic N) is 1. The Morgan fingerprint density at radius 2 is 0.949 bits per heavy atom. The minimum atomic E-state index is -0.370. The summed E-state index contributed by atoms with van der Waals surface area (Å²) in [6.07, 6.45) is 38.7. The lowest BCUT2D eigenvalue weighted by molar-refractivity contribution is -0.150. The first-order chi connectivity index (χ1) is 28.8. The van der Waals surface area contributed by atoms with Crippen LogP contribution < -0.4 is 5.32 Å². The van der Waals surface area contributed by atoms with Gasteiger partial charge in [-0.05, 0) is 89.8 Å². The zero-order valence-electron chi connectivity index (χ0n) is 40.0. The van der Waals surface area contributed by atoms with E-state index < -0.39 is 0 Å². The molecule has 0 fully saturated rings. The van der Waals surface area contributed by atoms with E-state index in [0.717, 1.165) is 110 Å². The number of amides is 1. The first-order valence-corrected chi connectivity index (χ1v) is 25.8.